The number of hydrogen-bond acceptors (Lipinski definition) is 5. The second-order valence-corrected chi connectivity index (χ2v) is 18.9. The summed E-state index contributed by atoms with van der Waals surface area (Å²) >= 11 is 0. The van der Waals surface area contributed by atoms with Crippen molar-refractivity contribution in [1.82, 2.24) is 4.31 Å². The Hall–Kier alpha value is -1.71. The Labute approximate surface area is 231 Å². The van der Waals surface area contributed by atoms with E-state index in [1.807, 2.05) is 43.3 Å². The molecule has 3 rings (SSSR count). The van der Waals surface area contributed by atoms with Crippen LogP contribution in [-0.2, 0) is 25.8 Å². The molecule has 0 radical (unpaired) electrons. The average Bonchev–Trinajstić information content (AvgIpc) is 2.88. The van der Waals surface area contributed by atoms with Crippen LogP contribution in [0, 0.1) is 6.92 Å². The molecule has 1 fully saturated rings. The van der Waals surface area contributed by atoms with Crippen LogP contribution in [-0.4, -0.2) is 53.4 Å². The molecule has 6 nitrogen and oxygen atoms in total. The second kappa shape index (κ2) is 13.1. The molecular weight excluding hydrogens is 514 g/mol. The van der Waals surface area contributed by atoms with Gasteiger partial charge in [-0.1, -0.05) is 71.4 Å². The Balaban J connectivity index is 1.83. The highest BCUT2D eigenvalue weighted by molar-refractivity contribution is 7.89. The SMILES string of the molecule is COc1ccc(CO[C@@H]2CC[C@@H](CO[Si](C(C)C)(C(C)C)C(C)C)N(S(=O)(=O)c3ccc(C)cc3)C2)cc1. The van der Waals surface area contributed by atoms with Crippen molar-refractivity contribution in [3.8, 4) is 5.75 Å². The van der Waals surface area contributed by atoms with Crippen molar-refractivity contribution < 1.29 is 22.3 Å². The van der Waals surface area contributed by atoms with Gasteiger partial charge in [-0.25, -0.2) is 8.42 Å². The molecule has 0 aliphatic carbocycles. The fourth-order valence-corrected chi connectivity index (χ4v) is 13.2. The molecule has 0 N–H and O–H groups in total. The lowest BCUT2D eigenvalue weighted by Gasteiger charge is -2.45. The average molecular weight is 562 g/mol. The molecule has 1 heterocycles. The van der Waals surface area contributed by atoms with Gasteiger partial charge in [-0.15, -0.1) is 0 Å². The van der Waals surface area contributed by atoms with Gasteiger partial charge in [-0.3, -0.25) is 0 Å². The van der Waals surface area contributed by atoms with Gasteiger partial charge in [-0.2, -0.15) is 4.31 Å². The Morgan fingerprint density at radius 1 is 0.895 bits per heavy atom. The summed E-state index contributed by atoms with van der Waals surface area (Å²) in [6.45, 7) is 16.7. The van der Waals surface area contributed by atoms with Crippen molar-refractivity contribution in [2.24, 2.45) is 0 Å². The standard InChI is InChI=1S/C30H47NO5SSi/c1-22(2)38(23(3)4,24(5)6)36-21-27-13-16-29(35-20-26-11-14-28(34-8)15-12-26)19-31(27)37(32,33)30-17-9-25(7)10-18-30/h9-12,14-15,17-18,22-24,27,29H,13,16,19-21H2,1-8H3/t27-,29+/m0/s1. The second-order valence-electron chi connectivity index (χ2n) is 11.5. The lowest BCUT2D eigenvalue weighted by molar-refractivity contribution is -0.0113. The Bertz CT molecular complexity index is 1090. The minimum absolute atomic E-state index is 0.184. The summed E-state index contributed by atoms with van der Waals surface area (Å²) in [6, 6.07) is 14.7. The number of hydrogen-bond donors (Lipinski definition) is 0. The van der Waals surface area contributed by atoms with Crippen LogP contribution < -0.4 is 4.74 Å². The van der Waals surface area contributed by atoms with Crippen LogP contribution in [0.2, 0.25) is 16.6 Å². The predicted octanol–water partition coefficient (Wildman–Crippen LogP) is 6.93. The van der Waals surface area contributed by atoms with Crippen molar-refractivity contribution in [2.45, 2.75) is 102 Å². The topological polar surface area (TPSA) is 65.1 Å². The molecule has 38 heavy (non-hydrogen) atoms. The van der Waals surface area contributed by atoms with E-state index in [2.05, 4.69) is 41.5 Å². The minimum atomic E-state index is -3.71. The predicted molar refractivity (Wildman–Crippen MR) is 157 cm³/mol. The minimum Gasteiger partial charge on any atom is -0.497 e. The number of rotatable bonds is 12. The lowest BCUT2D eigenvalue weighted by Crippen LogP contribution is -2.54. The van der Waals surface area contributed by atoms with E-state index >= 15 is 0 Å². The highest BCUT2D eigenvalue weighted by Gasteiger charge is 2.47. The van der Waals surface area contributed by atoms with Crippen LogP contribution in [0.1, 0.15) is 65.5 Å². The lowest BCUT2D eigenvalue weighted by atomic mass is 10.0. The molecule has 1 saturated heterocycles. The molecule has 1 aliphatic rings. The van der Waals surface area contributed by atoms with E-state index in [0.717, 1.165) is 23.3 Å². The van der Waals surface area contributed by atoms with Crippen molar-refractivity contribution in [3.05, 3.63) is 59.7 Å². The zero-order valence-electron chi connectivity index (χ0n) is 24.4. The highest BCUT2D eigenvalue weighted by Crippen LogP contribution is 2.43. The number of piperidine rings is 1. The maximum absolute atomic E-state index is 13.9. The summed E-state index contributed by atoms with van der Waals surface area (Å²) in [4.78, 5) is 0.323. The molecule has 212 valence electrons. The van der Waals surface area contributed by atoms with E-state index in [1.54, 1.807) is 23.5 Å². The van der Waals surface area contributed by atoms with E-state index in [0.29, 0.717) is 47.7 Å². The Morgan fingerprint density at radius 3 is 2.00 bits per heavy atom. The van der Waals surface area contributed by atoms with Crippen LogP contribution in [0.3, 0.4) is 0 Å². The molecule has 0 amide bonds. The first-order valence-electron chi connectivity index (χ1n) is 13.9. The van der Waals surface area contributed by atoms with Crippen LogP contribution in [0.4, 0.5) is 0 Å². The molecule has 0 unspecified atom stereocenters. The molecule has 1 aliphatic heterocycles. The quantitative estimate of drug-likeness (QED) is 0.263. The monoisotopic (exact) mass is 561 g/mol. The smallest absolute Gasteiger partial charge is 0.243 e. The van der Waals surface area contributed by atoms with Crippen molar-refractivity contribution in [1.29, 1.82) is 0 Å². The molecular formula is C30H47NO5SSi. The first kappa shape index (κ1) is 30.8. The molecule has 0 spiro atoms. The zero-order chi connectivity index (χ0) is 28.1. The number of benzene rings is 2. The van der Waals surface area contributed by atoms with Gasteiger partial charge in [0.25, 0.3) is 0 Å². The first-order valence-corrected chi connectivity index (χ1v) is 17.5. The number of sulfonamides is 1. The van der Waals surface area contributed by atoms with Crippen molar-refractivity contribution >= 4 is 18.3 Å². The number of aryl methyl sites for hydroxylation is 1. The van der Waals surface area contributed by atoms with Gasteiger partial charge in [0, 0.05) is 12.6 Å². The molecule has 2 atom stereocenters. The van der Waals surface area contributed by atoms with Gasteiger partial charge in [0.15, 0.2) is 8.32 Å². The van der Waals surface area contributed by atoms with Gasteiger partial charge in [0.05, 0.1) is 31.3 Å². The molecule has 0 saturated carbocycles. The van der Waals surface area contributed by atoms with E-state index in [4.69, 9.17) is 13.9 Å². The van der Waals surface area contributed by atoms with Gasteiger partial charge in [-0.05, 0) is 66.2 Å². The zero-order valence-corrected chi connectivity index (χ0v) is 26.3. The largest absolute Gasteiger partial charge is 0.497 e. The highest BCUT2D eigenvalue weighted by atomic mass is 32.2. The summed E-state index contributed by atoms with van der Waals surface area (Å²) in [7, 11) is -4.20. The third-order valence-electron chi connectivity index (χ3n) is 8.12. The van der Waals surface area contributed by atoms with E-state index in [-0.39, 0.29) is 12.1 Å². The van der Waals surface area contributed by atoms with Crippen LogP contribution in [0.25, 0.3) is 0 Å². The maximum atomic E-state index is 13.9. The van der Waals surface area contributed by atoms with Crippen LogP contribution in [0.15, 0.2) is 53.4 Å². The van der Waals surface area contributed by atoms with E-state index < -0.39 is 18.3 Å². The van der Waals surface area contributed by atoms with Crippen LogP contribution in [0.5, 0.6) is 5.75 Å². The first-order chi connectivity index (χ1) is 17.9. The maximum Gasteiger partial charge on any atom is 0.243 e. The summed E-state index contributed by atoms with van der Waals surface area (Å²) in [5.74, 6) is 0.799. The van der Waals surface area contributed by atoms with E-state index in [9.17, 15) is 8.42 Å². The molecule has 8 heteroatoms. The summed E-state index contributed by atoms with van der Waals surface area (Å²) < 4.78 is 47.9. The molecule has 0 aromatic heterocycles. The summed E-state index contributed by atoms with van der Waals surface area (Å²) in [5, 5.41) is 0. The Kier molecular flexibility index (Phi) is 10.6. The van der Waals surface area contributed by atoms with Crippen molar-refractivity contribution in [2.75, 3.05) is 20.3 Å². The van der Waals surface area contributed by atoms with Gasteiger partial charge < -0.3 is 13.9 Å². The van der Waals surface area contributed by atoms with Gasteiger partial charge in [0.1, 0.15) is 5.75 Å². The number of methoxy groups -OCH3 is 1. The molecule has 0 bridgehead atoms. The normalized spacial score (nSPS) is 19.4. The number of ether oxygens (including phenoxy) is 2. The van der Waals surface area contributed by atoms with Crippen LogP contribution >= 0.6 is 0 Å². The Morgan fingerprint density at radius 2 is 1.47 bits per heavy atom. The third kappa shape index (κ3) is 6.88. The molecule has 2 aromatic rings. The van der Waals surface area contributed by atoms with E-state index in [1.165, 1.54) is 0 Å². The van der Waals surface area contributed by atoms with Gasteiger partial charge >= 0.3 is 0 Å². The summed E-state index contributed by atoms with van der Waals surface area (Å²) in [5.41, 5.74) is 3.38. The third-order valence-corrected chi connectivity index (χ3v) is 16.1. The summed E-state index contributed by atoms with van der Waals surface area (Å²) in [6.07, 6.45) is 1.32. The fourth-order valence-electron chi connectivity index (χ4n) is 6.08. The molecule has 2 aromatic carbocycles. The number of nitrogens with zero attached hydrogens (tertiary/aromatic N) is 1. The van der Waals surface area contributed by atoms with Gasteiger partial charge in [0.2, 0.25) is 10.0 Å². The van der Waals surface area contributed by atoms with Crippen molar-refractivity contribution in [3.63, 3.8) is 0 Å². The fraction of sp³-hybridized carbons (Fsp3) is 0.600.